The molecule has 0 amide bonds. The Labute approximate surface area is 138 Å². The van der Waals surface area contributed by atoms with Crippen molar-refractivity contribution in [1.29, 1.82) is 0 Å². The maximum absolute atomic E-state index is 12.8. The van der Waals surface area contributed by atoms with E-state index >= 15 is 0 Å². The van der Waals surface area contributed by atoms with Gasteiger partial charge in [0.1, 0.15) is 0 Å². The van der Waals surface area contributed by atoms with Gasteiger partial charge in [0.2, 0.25) is 0 Å². The molecule has 0 bridgehead atoms. The molecule has 1 heterocycles. The minimum atomic E-state index is -4.30. The smallest absolute Gasteiger partial charge is 0.342 e. The standard InChI is InChI=1S/C16H11BrF3NS/c17-12-7-4-8-13-15(12)14(22-16(18,19)20)10-21(13)9-11-5-2-1-3-6-11/h1-8,10H,9H2. The molecular weight excluding hydrogens is 375 g/mol. The lowest BCUT2D eigenvalue weighted by Gasteiger charge is -2.05. The second-order valence-corrected chi connectivity index (χ2v) is 6.75. The summed E-state index contributed by atoms with van der Waals surface area (Å²) >= 11 is 3.28. The molecule has 2 aromatic carbocycles. The van der Waals surface area contributed by atoms with Crippen molar-refractivity contribution in [3.8, 4) is 0 Å². The van der Waals surface area contributed by atoms with Crippen molar-refractivity contribution in [3.05, 3.63) is 64.8 Å². The van der Waals surface area contributed by atoms with E-state index in [-0.39, 0.29) is 16.7 Å². The quantitative estimate of drug-likeness (QED) is 0.495. The zero-order valence-electron chi connectivity index (χ0n) is 11.3. The van der Waals surface area contributed by atoms with E-state index in [9.17, 15) is 13.2 Å². The molecule has 1 nitrogen and oxygen atoms in total. The van der Waals surface area contributed by atoms with E-state index in [1.54, 1.807) is 12.3 Å². The van der Waals surface area contributed by atoms with E-state index in [1.807, 2.05) is 47.0 Å². The van der Waals surface area contributed by atoms with Gasteiger partial charge in [-0.2, -0.15) is 13.2 Å². The third-order valence-electron chi connectivity index (χ3n) is 3.24. The molecule has 6 heteroatoms. The molecule has 0 fully saturated rings. The lowest BCUT2D eigenvalue weighted by atomic mass is 10.2. The van der Waals surface area contributed by atoms with Crippen molar-refractivity contribution in [1.82, 2.24) is 4.57 Å². The zero-order chi connectivity index (χ0) is 15.7. The molecule has 0 radical (unpaired) electrons. The molecule has 0 aliphatic rings. The molecule has 1 aromatic heterocycles. The minimum absolute atomic E-state index is 0.0750. The maximum atomic E-state index is 12.8. The van der Waals surface area contributed by atoms with E-state index in [0.717, 1.165) is 11.1 Å². The van der Waals surface area contributed by atoms with Crippen molar-refractivity contribution in [2.75, 3.05) is 0 Å². The van der Waals surface area contributed by atoms with Crippen LogP contribution in [0.3, 0.4) is 0 Å². The van der Waals surface area contributed by atoms with Crippen LogP contribution in [0, 0.1) is 0 Å². The zero-order valence-corrected chi connectivity index (χ0v) is 13.7. The van der Waals surface area contributed by atoms with Crippen molar-refractivity contribution < 1.29 is 13.2 Å². The molecule has 0 aliphatic heterocycles. The van der Waals surface area contributed by atoms with Gasteiger partial charge >= 0.3 is 5.51 Å². The summed E-state index contributed by atoms with van der Waals surface area (Å²) in [6.07, 6.45) is 1.57. The Morgan fingerprint density at radius 3 is 2.41 bits per heavy atom. The molecule has 0 N–H and O–H groups in total. The number of halogens is 4. The van der Waals surface area contributed by atoms with Crippen molar-refractivity contribution in [2.24, 2.45) is 0 Å². The molecule has 0 atom stereocenters. The van der Waals surface area contributed by atoms with Crippen LogP contribution < -0.4 is 0 Å². The second-order valence-electron chi connectivity index (χ2n) is 4.79. The highest BCUT2D eigenvalue weighted by molar-refractivity contribution is 9.10. The van der Waals surface area contributed by atoms with Crippen LogP contribution in [0.4, 0.5) is 13.2 Å². The molecule has 3 rings (SSSR count). The summed E-state index contributed by atoms with van der Waals surface area (Å²) < 4.78 is 40.8. The Bertz CT molecular complexity index is 796. The Balaban J connectivity index is 2.09. The van der Waals surface area contributed by atoms with Crippen molar-refractivity contribution in [3.63, 3.8) is 0 Å². The molecule has 0 saturated heterocycles. The largest absolute Gasteiger partial charge is 0.446 e. The molecular formula is C16H11BrF3NS. The van der Waals surface area contributed by atoms with Gasteiger partial charge in [-0.1, -0.05) is 52.3 Å². The van der Waals surface area contributed by atoms with Crippen LogP contribution in [0.2, 0.25) is 0 Å². The number of rotatable bonds is 3. The van der Waals surface area contributed by atoms with Crippen molar-refractivity contribution in [2.45, 2.75) is 16.9 Å². The average Bonchev–Trinajstić information content (AvgIpc) is 2.77. The third kappa shape index (κ3) is 3.33. The highest BCUT2D eigenvalue weighted by atomic mass is 79.9. The molecule has 0 aliphatic carbocycles. The number of nitrogens with zero attached hydrogens (tertiary/aromatic N) is 1. The van der Waals surface area contributed by atoms with Gasteiger partial charge in [0.15, 0.2) is 0 Å². The molecule has 0 spiro atoms. The molecule has 0 saturated carbocycles. The summed E-state index contributed by atoms with van der Waals surface area (Å²) in [6.45, 7) is 0.534. The second kappa shape index (κ2) is 6.01. The van der Waals surface area contributed by atoms with E-state index in [2.05, 4.69) is 15.9 Å². The van der Waals surface area contributed by atoms with Crippen LogP contribution in [-0.2, 0) is 6.54 Å². The van der Waals surface area contributed by atoms with Gasteiger partial charge in [0.05, 0.1) is 5.52 Å². The fourth-order valence-corrected chi connectivity index (χ4v) is 3.83. The van der Waals surface area contributed by atoms with E-state index in [0.29, 0.717) is 16.4 Å². The van der Waals surface area contributed by atoms with Gasteiger partial charge in [0, 0.05) is 27.5 Å². The number of alkyl halides is 3. The predicted octanol–water partition coefficient (Wildman–Crippen LogP) is 6.06. The van der Waals surface area contributed by atoms with Crippen LogP contribution in [0.1, 0.15) is 5.56 Å². The van der Waals surface area contributed by atoms with E-state index < -0.39 is 5.51 Å². The van der Waals surface area contributed by atoms with Crippen LogP contribution in [0.25, 0.3) is 10.9 Å². The highest BCUT2D eigenvalue weighted by Gasteiger charge is 2.31. The number of thioether (sulfide) groups is 1. The van der Waals surface area contributed by atoms with Gasteiger partial charge in [-0.05, 0) is 29.5 Å². The summed E-state index contributed by atoms with van der Waals surface area (Å²) in [5.41, 5.74) is -2.48. The predicted molar refractivity (Wildman–Crippen MR) is 87.1 cm³/mol. The molecule has 114 valence electrons. The summed E-state index contributed by atoms with van der Waals surface area (Å²) in [7, 11) is 0. The number of hydrogen-bond donors (Lipinski definition) is 0. The lowest BCUT2D eigenvalue weighted by molar-refractivity contribution is -0.0327. The Morgan fingerprint density at radius 1 is 1.00 bits per heavy atom. The van der Waals surface area contributed by atoms with Gasteiger partial charge in [-0.25, -0.2) is 0 Å². The lowest BCUT2D eigenvalue weighted by Crippen LogP contribution is -1.99. The fraction of sp³-hybridized carbons (Fsp3) is 0.125. The van der Waals surface area contributed by atoms with Crippen LogP contribution in [-0.4, -0.2) is 10.1 Å². The van der Waals surface area contributed by atoms with Crippen LogP contribution in [0.15, 0.2) is 64.1 Å². The third-order valence-corrected chi connectivity index (χ3v) is 4.66. The Kier molecular flexibility index (Phi) is 4.23. The number of fused-ring (bicyclic) bond motifs is 1. The fourth-order valence-electron chi connectivity index (χ4n) is 2.38. The summed E-state index contributed by atoms with van der Waals surface area (Å²) in [4.78, 5) is 0.214. The monoisotopic (exact) mass is 385 g/mol. The highest BCUT2D eigenvalue weighted by Crippen LogP contribution is 2.43. The molecule has 22 heavy (non-hydrogen) atoms. The Morgan fingerprint density at radius 2 is 1.73 bits per heavy atom. The van der Waals surface area contributed by atoms with Crippen LogP contribution in [0.5, 0.6) is 0 Å². The van der Waals surface area contributed by atoms with E-state index in [1.165, 1.54) is 0 Å². The first-order valence-corrected chi connectivity index (χ1v) is 8.12. The molecule has 0 unspecified atom stereocenters. The number of benzene rings is 2. The minimum Gasteiger partial charge on any atom is -0.342 e. The van der Waals surface area contributed by atoms with Gasteiger partial charge in [-0.15, -0.1) is 0 Å². The van der Waals surface area contributed by atoms with E-state index in [4.69, 9.17) is 0 Å². The first-order valence-electron chi connectivity index (χ1n) is 6.51. The summed E-state index contributed by atoms with van der Waals surface area (Å²) in [5.74, 6) is 0. The topological polar surface area (TPSA) is 4.93 Å². The summed E-state index contributed by atoms with van der Waals surface area (Å²) in [5, 5.41) is 0.598. The van der Waals surface area contributed by atoms with Gasteiger partial charge in [0.25, 0.3) is 0 Å². The number of aromatic nitrogens is 1. The normalized spacial score (nSPS) is 12.0. The van der Waals surface area contributed by atoms with Gasteiger partial charge in [-0.3, -0.25) is 0 Å². The van der Waals surface area contributed by atoms with Crippen molar-refractivity contribution >= 4 is 38.6 Å². The maximum Gasteiger partial charge on any atom is 0.446 e. The average molecular weight is 386 g/mol. The first kappa shape index (κ1) is 15.5. The Hall–Kier alpha value is -1.40. The van der Waals surface area contributed by atoms with Crippen LogP contribution >= 0.6 is 27.7 Å². The van der Waals surface area contributed by atoms with Gasteiger partial charge < -0.3 is 4.57 Å². The summed E-state index contributed by atoms with van der Waals surface area (Å²) in [6, 6.07) is 15.1. The first-order chi connectivity index (χ1) is 10.4. The number of hydrogen-bond acceptors (Lipinski definition) is 1. The molecule has 3 aromatic rings. The SMILES string of the molecule is FC(F)(F)Sc1cn(Cc2ccccc2)c2cccc(Br)c12.